The van der Waals surface area contributed by atoms with Crippen LogP contribution in [0, 0.1) is 0 Å². The number of benzene rings is 1. The molecule has 1 rings (SSSR count). The van der Waals surface area contributed by atoms with Crippen LogP contribution in [0.4, 0.5) is 0 Å². The van der Waals surface area contributed by atoms with E-state index in [4.69, 9.17) is 4.74 Å². The lowest BCUT2D eigenvalue weighted by Gasteiger charge is -2.10. The molecule has 0 amide bonds. The number of hydrogen-bond acceptors (Lipinski definition) is 2. The van der Waals surface area contributed by atoms with Crippen LogP contribution < -0.4 is 4.74 Å². The highest BCUT2D eigenvalue weighted by Crippen LogP contribution is 2.22. The van der Waals surface area contributed by atoms with Gasteiger partial charge in [-0.25, -0.2) is 0 Å². The molecule has 0 saturated carbocycles. The van der Waals surface area contributed by atoms with Crippen LogP contribution in [-0.2, 0) is 11.2 Å². The molecule has 0 heterocycles. The molecule has 0 unspecified atom stereocenters. The smallest absolute Gasteiger partial charge is 0.311 e. The molecule has 0 atom stereocenters. The molecule has 0 aromatic heterocycles. The van der Waals surface area contributed by atoms with E-state index in [-0.39, 0.29) is 5.97 Å². The number of carbonyl (C=O) groups is 1. The van der Waals surface area contributed by atoms with Crippen molar-refractivity contribution in [2.24, 2.45) is 0 Å². The van der Waals surface area contributed by atoms with Crippen molar-refractivity contribution in [3.05, 3.63) is 29.8 Å². The van der Waals surface area contributed by atoms with E-state index in [0.29, 0.717) is 6.42 Å². The maximum atomic E-state index is 12.2. The van der Waals surface area contributed by atoms with Crippen LogP contribution >= 0.6 is 0 Å². The van der Waals surface area contributed by atoms with Crippen LogP contribution in [0.2, 0.25) is 0 Å². The monoisotopic (exact) mass is 458 g/mol. The Labute approximate surface area is 206 Å². The molecule has 2 heteroatoms. The van der Waals surface area contributed by atoms with Crippen molar-refractivity contribution in [2.45, 2.75) is 155 Å². The number of aryl methyl sites for hydroxylation is 1. The summed E-state index contributed by atoms with van der Waals surface area (Å²) in [6.07, 6.45) is 28.0. The summed E-state index contributed by atoms with van der Waals surface area (Å²) < 4.78 is 5.70. The molecule has 33 heavy (non-hydrogen) atoms. The Morgan fingerprint density at radius 3 is 1.52 bits per heavy atom. The van der Waals surface area contributed by atoms with Crippen LogP contribution in [0.25, 0.3) is 0 Å². The van der Waals surface area contributed by atoms with Gasteiger partial charge < -0.3 is 4.74 Å². The van der Waals surface area contributed by atoms with Crippen LogP contribution in [0.15, 0.2) is 24.3 Å². The summed E-state index contributed by atoms with van der Waals surface area (Å²) in [5.74, 6) is 0.710. The van der Waals surface area contributed by atoms with E-state index in [2.05, 4.69) is 26.0 Å². The fourth-order valence-corrected chi connectivity index (χ4v) is 4.54. The normalized spacial score (nSPS) is 11.1. The molecule has 0 fully saturated rings. The van der Waals surface area contributed by atoms with E-state index < -0.39 is 0 Å². The number of rotatable bonds is 23. The number of unbranched alkanes of at least 4 members (excludes halogenated alkanes) is 18. The van der Waals surface area contributed by atoms with E-state index >= 15 is 0 Å². The molecule has 190 valence electrons. The number of hydrogen-bond donors (Lipinski definition) is 0. The quantitative estimate of drug-likeness (QED) is 0.0925. The molecule has 0 aliphatic heterocycles. The lowest BCUT2D eigenvalue weighted by Crippen LogP contribution is -2.09. The average molecular weight is 459 g/mol. The Morgan fingerprint density at radius 2 is 1.00 bits per heavy atom. The van der Waals surface area contributed by atoms with Crippen molar-refractivity contribution in [1.29, 1.82) is 0 Å². The first-order valence-electron chi connectivity index (χ1n) is 14.6. The first kappa shape index (κ1) is 29.7. The molecule has 0 radical (unpaired) electrons. The van der Waals surface area contributed by atoms with Gasteiger partial charge >= 0.3 is 5.97 Å². The Hall–Kier alpha value is -1.31. The fourth-order valence-electron chi connectivity index (χ4n) is 4.54. The summed E-state index contributed by atoms with van der Waals surface area (Å²) in [6, 6.07) is 8.11. The lowest BCUT2D eigenvalue weighted by molar-refractivity contribution is -0.134. The van der Waals surface area contributed by atoms with Gasteiger partial charge in [-0.3, -0.25) is 4.79 Å². The Bertz CT molecular complexity index is 566. The summed E-state index contributed by atoms with van der Waals surface area (Å²) >= 11 is 0. The molecule has 1 aromatic rings. The molecule has 2 nitrogen and oxygen atoms in total. The third-order valence-electron chi connectivity index (χ3n) is 6.73. The minimum atomic E-state index is -0.0705. The second-order valence-corrected chi connectivity index (χ2v) is 9.95. The Balaban J connectivity index is 2.04. The summed E-state index contributed by atoms with van der Waals surface area (Å²) in [5, 5.41) is 0. The van der Waals surface area contributed by atoms with Crippen molar-refractivity contribution in [2.75, 3.05) is 0 Å². The third-order valence-corrected chi connectivity index (χ3v) is 6.73. The minimum absolute atomic E-state index is 0.0705. The highest BCUT2D eigenvalue weighted by atomic mass is 16.5. The van der Waals surface area contributed by atoms with Crippen LogP contribution in [0.3, 0.4) is 0 Å². The Morgan fingerprint density at radius 1 is 0.576 bits per heavy atom. The lowest BCUT2D eigenvalue weighted by atomic mass is 10.0. The molecule has 0 aliphatic carbocycles. The molecule has 0 bridgehead atoms. The number of para-hydroxylation sites is 1. The molecule has 0 N–H and O–H groups in total. The number of carbonyl (C=O) groups excluding carboxylic acids is 1. The molecule has 0 spiro atoms. The third kappa shape index (κ3) is 17.8. The number of ether oxygens (including phenoxy) is 1. The van der Waals surface area contributed by atoms with Gasteiger partial charge in [0.15, 0.2) is 0 Å². The second kappa shape index (κ2) is 22.5. The maximum absolute atomic E-state index is 12.2. The van der Waals surface area contributed by atoms with Crippen molar-refractivity contribution in [1.82, 2.24) is 0 Å². The molecule has 0 aliphatic rings. The van der Waals surface area contributed by atoms with Gasteiger partial charge in [-0.2, -0.15) is 0 Å². The van der Waals surface area contributed by atoms with Gasteiger partial charge in [0, 0.05) is 6.42 Å². The van der Waals surface area contributed by atoms with Gasteiger partial charge in [-0.15, -0.1) is 0 Å². The zero-order valence-corrected chi connectivity index (χ0v) is 22.2. The average Bonchev–Trinajstić information content (AvgIpc) is 2.82. The fraction of sp³-hybridized carbons (Fsp3) is 0.774. The molecule has 0 saturated heterocycles. The summed E-state index contributed by atoms with van der Waals surface area (Å²) in [4.78, 5) is 12.2. The predicted molar refractivity (Wildman–Crippen MR) is 144 cm³/mol. The van der Waals surface area contributed by atoms with E-state index in [9.17, 15) is 4.79 Å². The summed E-state index contributed by atoms with van der Waals surface area (Å²) in [5.41, 5.74) is 1.19. The summed E-state index contributed by atoms with van der Waals surface area (Å²) in [6.45, 7) is 4.52. The van der Waals surface area contributed by atoms with E-state index in [1.807, 2.05) is 12.1 Å². The second-order valence-electron chi connectivity index (χ2n) is 9.95. The van der Waals surface area contributed by atoms with Crippen molar-refractivity contribution >= 4 is 5.97 Å². The molecular weight excluding hydrogens is 404 g/mol. The van der Waals surface area contributed by atoms with Gasteiger partial charge in [-0.1, -0.05) is 148 Å². The Kier molecular flexibility index (Phi) is 20.2. The van der Waals surface area contributed by atoms with Gasteiger partial charge in [0.05, 0.1) is 0 Å². The largest absolute Gasteiger partial charge is 0.426 e. The van der Waals surface area contributed by atoms with Crippen molar-refractivity contribution < 1.29 is 9.53 Å². The summed E-state index contributed by atoms with van der Waals surface area (Å²) in [7, 11) is 0. The van der Waals surface area contributed by atoms with Gasteiger partial charge in [0.25, 0.3) is 0 Å². The zero-order chi connectivity index (χ0) is 23.8. The van der Waals surface area contributed by atoms with E-state index in [0.717, 1.165) is 25.0 Å². The predicted octanol–water partition coefficient (Wildman–Crippen LogP) is 10.4. The molecule has 1 aromatic carbocycles. The zero-order valence-electron chi connectivity index (χ0n) is 22.2. The first-order valence-corrected chi connectivity index (χ1v) is 14.6. The standard InChI is InChI=1S/C31H54O2/c1-3-5-7-9-11-12-13-14-15-16-17-18-19-21-25-29-26-23-24-27-30(29)33-31(32)28-22-20-10-8-6-4-2/h23-24,26-27H,3-22,25,28H2,1-2H3. The minimum Gasteiger partial charge on any atom is -0.426 e. The van der Waals surface area contributed by atoms with Crippen molar-refractivity contribution in [3.63, 3.8) is 0 Å². The van der Waals surface area contributed by atoms with Gasteiger partial charge in [-0.05, 0) is 30.9 Å². The van der Waals surface area contributed by atoms with Crippen LogP contribution in [0.5, 0.6) is 5.75 Å². The highest BCUT2D eigenvalue weighted by molar-refractivity contribution is 5.72. The van der Waals surface area contributed by atoms with E-state index in [1.165, 1.54) is 121 Å². The van der Waals surface area contributed by atoms with Gasteiger partial charge in [0.2, 0.25) is 0 Å². The van der Waals surface area contributed by atoms with Crippen LogP contribution in [-0.4, -0.2) is 5.97 Å². The maximum Gasteiger partial charge on any atom is 0.311 e. The van der Waals surface area contributed by atoms with Crippen molar-refractivity contribution in [3.8, 4) is 5.75 Å². The molecular formula is C31H54O2. The van der Waals surface area contributed by atoms with Gasteiger partial charge in [0.1, 0.15) is 5.75 Å². The topological polar surface area (TPSA) is 26.3 Å². The van der Waals surface area contributed by atoms with E-state index in [1.54, 1.807) is 0 Å². The number of esters is 1. The first-order chi connectivity index (χ1) is 16.3. The van der Waals surface area contributed by atoms with Crippen LogP contribution in [0.1, 0.15) is 154 Å². The highest BCUT2D eigenvalue weighted by Gasteiger charge is 2.09. The SMILES string of the molecule is CCCCCCCCCCCCCCCCc1ccccc1OC(=O)CCCCCCCC.